The van der Waals surface area contributed by atoms with E-state index in [2.05, 4.69) is 10.2 Å². The SMILES string of the molecule is Cc1nnc(-c2cccc(C(Oc3ccc(CN(C)S(=O)(=O)c4ccc(F)cc4)cc3)C(=O)O)c2)o1. The van der Waals surface area contributed by atoms with Gasteiger partial charge in [-0.1, -0.05) is 24.3 Å². The van der Waals surface area contributed by atoms with Crippen LogP contribution >= 0.6 is 0 Å². The molecule has 0 spiro atoms. The third-order valence-corrected chi connectivity index (χ3v) is 7.11. The minimum absolute atomic E-state index is 0.0198. The number of halogens is 1. The highest BCUT2D eigenvalue weighted by Gasteiger charge is 2.24. The van der Waals surface area contributed by atoms with Crippen molar-refractivity contribution < 1.29 is 31.9 Å². The first-order valence-electron chi connectivity index (χ1n) is 10.7. The van der Waals surface area contributed by atoms with Crippen molar-refractivity contribution in [1.82, 2.24) is 14.5 Å². The molecular formula is C25H22FN3O6S. The van der Waals surface area contributed by atoms with Crippen LogP contribution in [0.15, 0.2) is 82.1 Å². The number of nitrogens with zero attached hydrogens (tertiary/aromatic N) is 3. The summed E-state index contributed by atoms with van der Waals surface area (Å²) >= 11 is 0. The van der Waals surface area contributed by atoms with Gasteiger partial charge in [0.15, 0.2) is 0 Å². The number of carboxylic acid groups (broad SMARTS) is 1. The minimum Gasteiger partial charge on any atom is -0.478 e. The lowest BCUT2D eigenvalue weighted by Crippen LogP contribution is -2.26. The summed E-state index contributed by atoms with van der Waals surface area (Å²) in [5.41, 5.74) is 1.59. The largest absolute Gasteiger partial charge is 0.478 e. The van der Waals surface area contributed by atoms with Crippen LogP contribution in [0.25, 0.3) is 11.5 Å². The van der Waals surface area contributed by atoms with Gasteiger partial charge in [0.2, 0.25) is 27.9 Å². The molecule has 0 bridgehead atoms. The summed E-state index contributed by atoms with van der Waals surface area (Å²) in [4.78, 5) is 11.9. The van der Waals surface area contributed by atoms with E-state index in [4.69, 9.17) is 9.15 Å². The highest BCUT2D eigenvalue weighted by molar-refractivity contribution is 7.89. The summed E-state index contributed by atoms with van der Waals surface area (Å²) in [5, 5.41) is 17.5. The Bertz CT molecular complexity index is 1470. The second-order valence-corrected chi connectivity index (χ2v) is 9.99. The number of hydrogen-bond acceptors (Lipinski definition) is 7. The number of rotatable bonds is 9. The molecule has 0 aliphatic rings. The van der Waals surface area contributed by atoms with Gasteiger partial charge in [0.1, 0.15) is 11.6 Å². The zero-order chi connectivity index (χ0) is 25.9. The molecule has 0 aliphatic carbocycles. The predicted octanol–water partition coefficient (Wildman–Crippen LogP) is 4.21. The van der Waals surface area contributed by atoms with Crippen molar-refractivity contribution >= 4 is 16.0 Å². The van der Waals surface area contributed by atoms with E-state index in [0.29, 0.717) is 22.6 Å². The minimum atomic E-state index is -3.82. The second kappa shape index (κ2) is 10.3. The fourth-order valence-electron chi connectivity index (χ4n) is 3.45. The topological polar surface area (TPSA) is 123 Å². The van der Waals surface area contributed by atoms with Gasteiger partial charge in [0.05, 0.1) is 4.90 Å². The molecule has 1 atom stereocenters. The Morgan fingerprint density at radius 1 is 1.08 bits per heavy atom. The van der Waals surface area contributed by atoms with E-state index in [9.17, 15) is 22.7 Å². The highest BCUT2D eigenvalue weighted by Crippen LogP contribution is 2.27. The summed E-state index contributed by atoms with van der Waals surface area (Å²) in [6.07, 6.45) is -1.30. The molecule has 0 saturated carbocycles. The molecule has 36 heavy (non-hydrogen) atoms. The van der Waals surface area contributed by atoms with Crippen LogP contribution in [0.2, 0.25) is 0 Å². The number of aliphatic carboxylic acids is 1. The molecule has 3 aromatic carbocycles. The van der Waals surface area contributed by atoms with E-state index in [0.717, 1.165) is 16.4 Å². The normalized spacial score (nSPS) is 12.4. The summed E-state index contributed by atoms with van der Waals surface area (Å²) < 4.78 is 50.9. The number of sulfonamides is 1. The number of aryl methyl sites for hydroxylation is 1. The first-order chi connectivity index (χ1) is 17.1. The van der Waals surface area contributed by atoms with Gasteiger partial charge < -0.3 is 14.3 Å². The van der Waals surface area contributed by atoms with Gasteiger partial charge in [-0.3, -0.25) is 0 Å². The number of benzene rings is 3. The van der Waals surface area contributed by atoms with Crippen molar-refractivity contribution in [2.24, 2.45) is 0 Å². The third-order valence-electron chi connectivity index (χ3n) is 5.29. The molecule has 1 N–H and O–H groups in total. The average Bonchev–Trinajstić information content (AvgIpc) is 3.30. The first-order valence-corrected chi connectivity index (χ1v) is 12.2. The van der Waals surface area contributed by atoms with Crippen molar-refractivity contribution in [3.05, 3.63) is 95.6 Å². The predicted molar refractivity (Wildman–Crippen MR) is 127 cm³/mol. The summed E-state index contributed by atoms with van der Waals surface area (Å²) in [5.74, 6) is -0.777. The van der Waals surface area contributed by atoms with Crippen LogP contribution in [0.4, 0.5) is 4.39 Å². The Morgan fingerprint density at radius 3 is 2.39 bits per heavy atom. The van der Waals surface area contributed by atoms with Gasteiger partial charge in [0.25, 0.3) is 0 Å². The van der Waals surface area contributed by atoms with Crippen LogP contribution in [0, 0.1) is 12.7 Å². The highest BCUT2D eigenvalue weighted by atomic mass is 32.2. The van der Waals surface area contributed by atoms with Crippen LogP contribution in [-0.2, 0) is 21.4 Å². The quantitative estimate of drug-likeness (QED) is 0.355. The van der Waals surface area contributed by atoms with Crippen molar-refractivity contribution in [2.75, 3.05) is 7.05 Å². The van der Waals surface area contributed by atoms with Crippen LogP contribution in [0.5, 0.6) is 5.75 Å². The third kappa shape index (κ3) is 5.58. The molecule has 0 amide bonds. The van der Waals surface area contributed by atoms with Gasteiger partial charge in [-0.25, -0.2) is 17.6 Å². The van der Waals surface area contributed by atoms with Crippen molar-refractivity contribution in [2.45, 2.75) is 24.5 Å². The van der Waals surface area contributed by atoms with Gasteiger partial charge in [-0.2, -0.15) is 4.31 Å². The summed E-state index contributed by atoms with van der Waals surface area (Å²) in [6.45, 7) is 1.71. The Morgan fingerprint density at radius 2 is 1.78 bits per heavy atom. The molecule has 4 aromatic rings. The van der Waals surface area contributed by atoms with Crippen molar-refractivity contribution in [1.29, 1.82) is 0 Å². The van der Waals surface area contributed by atoms with Crippen LogP contribution < -0.4 is 4.74 Å². The van der Waals surface area contributed by atoms with Crippen molar-refractivity contribution in [3.63, 3.8) is 0 Å². The Kier molecular flexibility index (Phi) is 7.13. The molecule has 11 heteroatoms. The summed E-state index contributed by atoms with van der Waals surface area (Å²) in [7, 11) is -2.40. The molecule has 1 heterocycles. The summed E-state index contributed by atoms with van der Waals surface area (Å²) in [6, 6.07) is 17.6. The maximum Gasteiger partial charge on any atom is 0.349 e. The van der Waals surface area contributed by atoms with E-state index in [-0.39, 0.29) is 23.1 Å². The lowest BCUT2D eigenvalue weighted by molar-refractivity contribution is -0.145. The Labute approximate surface area is 206 Å². The monoisotopic (exact) mass is 511 g/mol. The van der Waals surface area contributed by atoms with E-state index in [1.54, 1.807) is 55.5 Å². The Balaban J connectivity index is 1.48. The standard InChI is InChI=1S/C25H22FN3O6S/c1-16-27-28-24(34-16)19-5-3-4-18(14-19)23(25(30)31)35-21-10-6-17(7-11-21)15-29(2)36(32,33)22-12-8-20(26)9-13-22/h3-14,23H,15H2,1-2H3,(H,30,31). The Hall–Kier alpha value is -4.09. The lowest BCUT2D eigenvalue weighted by atomic mass is 10.1. The van der Waals surface area contributed by atoms with Crippen molar-refractivity contribution in [3.8, 4) is 17.2 Å². The molecule has 0 aliphatic heterocycles. The first kappa shape index (κ1) is 25.0. The lowest BCUT2D eigenvalue weighted by Gasteiger charge is -2.18. The van der Waals surface area contributed by atoms with E-state index < -0.39 is 27.9 Å². The van der Waals surface area contributed by atoms with Crippen LogP contribution in [-0.4, -0.2) is 41.0 Å². The molecule has 186 valence electrons. The number of ether oxygens (including phenoxy) is 1. The molecule has 1 unspecified atom stereocenters. The number of aromatic nitrogens is 2. The smallest absolute Gasteiger partial charge is 0.349 e. The number of carboxylic acids is 1. The average molecular weight is 512 g/mol. The molecule has 0 radical (unpaired) electrons. The molecule has 0 fully saturated rings. The fraction of sp³-hybridized carbons (Fsp3) is 0.160. The van der Waals surface area contributed by atoms with Gasteiger partial charge in [-0.15, -0.1) is 10.2 Å². The molecule has 9 nitrogen and oxygen atoms in total. The number of carbonyl (C=O) groups is 1. The maximum absolute atomic E-state index is 13.1. The van der Waals surface area contributed by atoms with Gasteiger partial charge >= 0.3 is 5.97 Å². The van der Waals surface area contributed by atoms with E-state index >= 15 is 0 Å². The van der Waals surface area contributed by atoms with E-state index in [1.807, 2.05) is 0 Å². The van der Waals surface area contributed by atoms with Crippen LogP contribution in [0.3, 0.4) is 0 Å². The molecule has 1 aromatic heterocycles. The maximum atomic E-state index is 13.1. The second-order valence-electron chi connectivity index (χ2n) is 7.95. The molecule has 4 rings (SSSR count). The van der Waals surface area contributed by atoms with Gasteiger partial charge in [0, 0.05) is 31.6 Å². The zero-order valence-electron chi connectivity index (χ0n) is 19.3. The van der Waals surface area contributed by atoms with Gasteiger partial charge in [-0.05, 0) is 54.1 Å². The number of hydrogen-bond donors (Lipinski definition) is 1. The fourth-order valence-corrected chi connectivity index (χ4v) is 4.61. The zero-order valence-corrected chi connectivity index (χ0v) is 20.1. The molecule has 0 saturated heterocycles. The van der Waals surface area contributed by atoms with Crippen LogP contribution in [0.1, 0.15) is 23.1 Å². The van der Waals surface area contributed by atoms with E-state index in [1.165, 1.54) is 19.2 Å². The molecular weight excluding hydrogens is 489 g/mol.